The molecule has 0 bridgehead atoms. The third-order valence-electron chi connectivity index (χ3n) is 3.88. The van der Waals surface area contributed by atoms with Crippen LogP contribution in [0.25, 0.3) is 0 Å². The Kier molecular flexibility index (Phi) is 2.90. The van der Waals surface area contributed by atoms with Gasteiger partial charge in [0.1, 0.15) is 5.82 Å². The number of fused-ring (bicyclic) bond motifs is 1. The van der Waals surface area contributed by atoms with Crippen molar-refractivity contribution in [3.63, 3.8) is 0 Å². The first-order chi connectivity index (χ1) is 9.89. The van der Waals surface area contributed by atoms with E-state index in [0.717, 1.165) is 11.3 Å². The van der Waals surface area contributed by atoms with Crippen molar-refractivity contribution in [3.8, 4) is 0 Å². The summed E-state index contributed by atoms with van der Waals surface area (Å²) in [5, 5.41) is 2.80. The fourth-order valence-corrected chi connectivity index (χ4v) is 2.48. The van der Waals surface area contributed by atoms with Crippen molar-refractivity contribution in [2.45, 2.75) is 19.3 Å². The minimum Gasteiger partial charge on any atom is -0.325 e. The number of ketones is 1. The molecule has 106 valence electrons. The first kappa shape index (κ1) is 13.5. The summed E-state index contributed by atoms with van der Waals surface area (Å²) < 4.78 is 12.9. The average Bonchev–Trinajstić information content (AvgIpc) is 2.69. The molecule has 2 aromatic carbocycles. The highest BCUT2D eigenvalue weighted by atomic mass is 19.1. The zero-order valence-corrected chi connectivity index (χ0v) is 11.7. The molecule has 0 spiro atoms. The number of anilines is 1. The molecule has 0 saturated carbocycles. The Bertz CT molecular complexity index is 748. The molecule has 0 unspecified atom stereocenters. The second-order valence-electron chi connectivity index (χ2n) is 5.68. The third-order valence-corrected chi connectivity index (χ3v) is 3.88. The van der Waals surface area contributed by atoms with Gasteiger partial charge in [0.15, 0.2) is 5.78 Å². The highest BCUT2D eigenvalue weighted by Crippen LogP contribution is 2.37. The Hall–Kier alpha value is -2.49. The number of hydrogen-bond donors (Lipinski definition) is 1. The zero-order valence-electron chi connectivity index (χ0n) is 11.7. The summed E-state index contributed by atoms with van der Waals surface area (Å²) >= 11 is 0. The molecule has 0 aromatic heterocycles. The van der Waals surface area contributed by atoms with E-state index in [1.165, 1.54) is 24.3 Å². The summed E-state index contributed by atoms with van der Waals surface area (Å²) in [4.78, 5) is 24.3. The van der Waals surface area contributed by atoms with Crippen molar-refractivity contribution < 1.29 is 14.0 Å². The first-order valence-electron chi connectivity index (χ1n) is 6.66. The maximum absolute atomic E-state index is 12.9. The van der Waals surface area contributed by atoms with Crippen LogP contribution in [0.3, 0.4) is 0 Å². The second kappa shape index (κ2) is 4.52. The predicted octanol–water partition coefficient (Wildman–Crippen LogP) is 3.29. The SMILES string of the molecule is CC1(C)C(=O)Nc2ccc(C(=O)c3ccc(F)cc3)cc21. The standard InChI is InChI=1S/C17H14FNO2/c1-17(2)13-9-11(5-8-14(13)19-16(17)21)15(20)10-3-6-12(18)7-4-10/h3-9H,1-2H3,(H,19,21). The molecule has 2 aromatic rings. The molecule has 0 saturated heterocycles. The lowest BCUT2D eigenvalue weighted by Gasteiger charge is -2.15. The van der Waals surface area contributed by atoms with E-state index in [4.69, 9.17) is 0 Å². The normalized spacial score (nSPS) is 15.5. The van der Waals surface area contributed by atoms with Gasteiger partial charge in [0.05, 0.1) is 5.41 Å². The fraction of sp³-hybridized carbons (Fsp3) is 0.176. The average molecular weight is 283 g/mol. The van der Waals surface area contributed by atoms with Gasteiger partial charge >= 0.3 is 0 Å². The molecule has 0 aliphatic carbocycles. The molecular formula is C17H14FNO2. The van der Waals surface area contributed by atoms with Crippen LogP contribution in [0.2, 0.25) is 0 Å². The largest absolute Gasteiger partial charge is 0.325 e. The van der Waals surface area contributed by atoms with Crippen LogP contribution in [-0.4, -0.2) is 11.7 Å². The van der Waals surface area contributed by atoms with E-state index in [-0.39, 0.29) is 17.5 Å². The summed E-state index contributed by atoms with van der Waals surface area (Å²) in [5.41, 5.74) is 1.80. The van der Waals surface area contributed by atoms with E-state index in [0.29, 0.717) is 11.1 Å². The van der Waals surface area contributed by atoms with Crippen molar-refractivity contribution in [2.75, 3.05) is 5.32 Å². The Balaban J connectivity index is 2.02. The molecule has 1 heterocycles. The third kappa shape index (κ3) is 2.13. The molecular weight excluding hydrogens is 269 g/mol. The lowest BCUT2D eigenvalue weighted by Crippen LogP contribution is -2.27. The first-order valence-corrected chi connectivity index (χ1v) is 6.66. The molecule has 3 nitrogen and oxygen atoms in total. The summed E-state index contributed by atoms with van der Waals surface area (Å²) in [6, 6.07) is 10.6. The van der Waals surface area contributed by atoms with Crippen LogP contribution in [0.1, 0.15) is 35.3 Å². The van der Waals surface area contributed by atoms with Gasteiger partial charge in [-0.3, -0.25) is 9.59 Å². The van der Waals surface area contributed by atoms with E-state index >= 15 is 0 Å². The van der Waals surface area contributed by atoms with Crippen LogP contribution in [-0.2, 0) is 10.2 Å². The van der Waals surface area contributed by atoms with Crippen molar-refractivity contribution in [3.05, 3.63) is 65.0 Å². The maximum Gasteiger partial charge on any atom is 0.234 e. The number of benzene rings is 2. The molecule has 0 fully saturated rings. The number of rotatable bonds is 2. The molecule has 21 heavy (non-hydrogen) atoms. The highest BCUT2D eigenvalue weighted by molar-refractivity contribution is 6.11. The van der Waals surface area contributed by atoms with Gasteiger partial charge < -0.3 is 5.32 Å². The van der Waals surface area contributed by atoms with Gasteiger partial charge in [0.25, 0.3) is 0 Å². The quantitative estimate of drug-likeness (QED) is 0.860. The highest BCUT2D eigenvalue weighted by Gasteiger charge is 2.38. The number of nitrogens with one attached hydrogen (secondary N) is 1. The van der Waals surface area contributed by atoms with Crippen LogP contribution in [0, 0.1) is 5.82 Å². The van der Waals surface area contributed by atoms with E-state index in [1.54, 1.807) is 18.2 Å². The number of halogens is 1. The molecule has 0 radical (unpaired) electrons. The van der Waals surface area contributed by atoms with E-state index in [9.17, 15) is 14.0 Å². The molecule has 1 aliphatic heterocycles. The topological polar surface area (TPSA) is 46.2 Å². The Morgan fingerprint density at radius 2 is 1.67 bits per heavy atom. The van der Waals surface area contributed by atoms with Gasteiger partial charge in [-0.1, -0.05) is 0 Å². The van der Waals surface area contributed by atoms with Gasteiger partial charge in [-0.15, -0.1) is 0 Å². The summed E-state index contributed by atoms with van der Waals surface area (Å²) in [5.74, 6) is -0.645. The molecule has 4 heteroatoms. The summed E-state index contributed by atoms with van der Waals surface area (Å²) in [6.45, 7) is 3.64. The minimum absolute atomic E-state index is 0.0797. The molecule has 1 amide bonds. The van der Waals surface area contributed by atoms with Crippen LogP contribution < -0.4 is 5.32 Å². The minimum atomic E-state index is -0.658. The molecule has 1 aliphatic rings. The molecule has 0 atom stereocenters. The van der Waals surface area contributed by atoms with Crippen LogP contribution in [0.5, 0.6) is 0 Å². The molecule has 1 N–H and O–H groups in total. The Morgan fingerprint density at radius 3 is 2.33 bits per heavy atom. The van der Waals surface area contributed by atoms with Crippen molar-refractivity contribution in [2.24, 2.45) is 0 Å². The number of hydrogen-bond acceptors (Lipinski definition) is 2. The number of carbonyl (C=O) groups is 2. The van der Waals surface area contributed by atoms with Crippen molar-refractivity contribution in [1.82, 2.24) is 0 Å². The monoisotopic (exact) mass is 283 g/mol. The lowest BCUT2D eigenvalue weighted by atomic mass is 9.84. The summed E-state index contributed by atoms with van der Waals surface area (Å²) in [6.07, 6.45) is 0. The van der Waals surface area contributed by atoms with Gasteiger partial charge in [0.2, 0.25) is 5.91 Å². The zero-order chi connectivity index (χ0) is 15.2. The second-order valence-corrected chi connectivity index (χ2v) is 5.68. The Morgan fingerprint density at radius 1 is 1.05 bits per heavy atom. The van der Waals surface area contributed by atoms with Gasteiger partial charge in [-0.05, 0) is 61.9 Å². The van der Waals surface area contributed by atoms with E-state index < -0.39 is 5.41 Å². The van der Waals surface area contributed by atoms with E-state index in [1.807, 2.05) is 13.8 Å². The van der Waals surface area contributed by atoms with Crippen molar-refractivity contribution >= 4 is 17.4 Å². The van der Waals surface area contributed by atoms with Gasteiger partial charge in [-0.2, -0.15) is 0 Å². The number of amides is 1. The van der Waals surface area contributed by atoms with Gasteiger partial charge in [-0.25, -0.2) is 4.39 Å². The fourth-order valence-electron chi connectivity index (χ4n) is 2.48. The Labute approximate surface area is 121 Å². The van der Waals surface area contributed by atoms with Gasteiger partial charge in [0, 0.05) is 16.8 Å². The lowest BCUT2D eigenvalue weighted by molar-refractivity contribution is -0.119. The van der Waals surface area contributed by atoms with Crippen LogP contribution >= 0.6 is 0 Å². The van der Waals surface area contributed by atoms with Crippen LogP contribution in [0.4, 0.5) is 10.1 Å². The van der Waals surface area contributed by atoms with Crippen LogP contribution in [0.15, 0.2) is 42.5 Å². The molecule has 3 rings (SSSR count). The van der Waals surface area contributed by atoms with Crippen molar-refractivity contribution in [1.29, 1.82) is 0 Å². The maximum atomic E-state index is 12.9. The number of carbonyl (C=O) groups excluding carboxylic acids is 2. The smallest absolute Gasteiger partial charge is 0.234 e. The predicted molar refractivity (Wildman–Crippen MR) is 77.9 cm³/mol. The summed E-state index contributed by atoms with van der Waals surface area (Å²) in [7, 11) is 0. The van der Waals surface area contributed by atoms with E-state index in [2.05, 4.69) is 5.32 Å².